The van der Waals surface area contributed by atoms with Gasteiger partial charge in [-0.2, -0.15) is 0 Å². The summed E-state index contributed by atoms with van der Waals surface area (Å²) >= 11 is 0. The van der Waals surface area contributed by atoms with Crippen LogP contribution in [0.4, 0.5) is 35.9 Å². The summed E-state index contributed by atoms with van der Waals surface area (Å²) < 4.78 is 94.7. The zero-order valence-corrected chi connectivity index (χ0v) is 47.0. The van der Waals surface area contributed by atoms with Crippen molar-refractivity contribution in [3.8, 4) is 11.5 Å². The van der Waals surface area contributed by atoms with Crippen molar-refractivity contribution in [3.05, 3.63) is 210 Å². The lowest BCUT2D eigenvalue weighted by atomic mass is 10.1. The Hall–Kier alpha value is -9.88. The van der Waals surface area contributed by atoms with Crippen molar-refractivity contribution in [3.63, 3.8) is 0 Å². The van der Waals surface area contributed by atoms with E-state index in [4.69, 9.17) is 9.47 Å². The highest BCUT2D eigenvalue weighted by molar-refractivity contribution is 6.00. The number of alkyl carbamates (subject to hydrolysis) is 1. The lowest BCUT2D eigenvalue weighted by Gasteiger charge is -2.34. The molecule has 11 rings (SSSR count). The monoisotopic (exact) mass is 1220 g/mol. The number of halogens is 6. The van der Waals surface area contributed by atoms with Crippen LogP contribution in [0.3, 0.4) is 0 Å². The van der Waals surface area contributed by atoms with Crippen LogP contribution in [0.15, 0.2) is 131 Å². The Morgan fingerprint density at radius 3 is 1.47 bits per heavy atom. The fraction of sp³-hybridized carbons (Fsp3) is 0.323. The number of ether oxygens (including phenoxy) is 2. The van der Waals surface area contributed by atoms with Crippen LogP contribution in [-0.4, -0.2) is 128 Å². The minimum absolute atomic E-state index is 0.00982. The Kier molecular flexibility index (Phi) is 20.0. The fourth-order valence-electron chi connectivity index (χ4n) is 10.6. The van der Waals surface area contributed by atoms with Crippen molar-refractivity contribution in [2.24, 2.45) is 0 Å². The average molecular weight is 1220 g/mol. The molecule has 0 saturated carbocycles. The summed E-state index contributed by atoms with van der Waals surface area (Å²) in [7, 11) is 0. The summed E-state index contributed by atoms with van der Waals surface area (Å²) in [4.78, 5) is 104. The zero-order chi connectivity index (χ0) is 62.8. The summed E-state index contributed by atoms with van der Waals surface area (Å²) in [6.07, 6.45) is 4.63. The van der Waals surface area contributed by atoms with Gasteiger partial charge in [-0.1, -0.05) is 84.9 Å². The van der Waals surface area contributed by atoms with Crippen molar-refractivity contribution in [1.29, 1.82) is 0 Å². The molecule has 7 heterocycles. The smallest absolute Gasteiger partial charge is 0.410 e. The number of nitrogens with one attached hydrogen (secondary N) is 3. The molecule has 4 bridgehead atoms. The number of amides is 6. The molecule has 0 aliphatic carbocycles. The predicted octanol–water partition coefficient (Wildman–Crippen LogP) is 7.66. The zero-order valence-electron chi connectivity index (χ0n) is 47.0. The SMILES string of the molecule is O=C(NCc1ccc(F)cc1F)c1cn2c(c(O)c1=O)C(=O)N1CC(F)CC[C@@H]2C1.O=C(NCc1ccc(F)cc1F)c1cn2c(c(O)c1=O)C(=O)N1CC(F)CC[C@@H]2C1.O=C(N[C@@H]1CC=CCN(C(=O)OCc2ccccc2)C1)OCc1ccccc1. The van der Waals surface area contributed by atoms with Gasteiger partial charge in [-0.05, 0) is 55.4 Å². The van der Waals surface area contributed by atoms with Gasteiger partial charge < -0.3 is 59.5 Å². The number of alkyl halides is 2. The molecule has 462 valence electrons. The van der Waals surface area contributed by atoms with Gasteiger partial charge in [0.2, 0.25) is 10.9 Å². The van der Waals surface area contributed by atoms with Crippen LogP contribution in [0.25, 0.3) is 0 Å². The molecular weight excluding hydrogens is 1160 g/mol. The van der Waals surface area contributed by atoms with Gasteiger partial charge in [0.05, 0.1) is 31.2 Å². The second kappa shape index (κ2) is 28.1. The van der Waals surface area contributed by atoms with E-state index in [1.807, 2.05) is 72.8 Å². The van der Waals surface area contributed by atoms with E-state index in [2.05, 4.69) is 16.0 Å². The Bertz CT molecular complexity index is 3590. The van der Waals surface area contributed by atoms with Crippen molar-refractivity contribution < 1.29 is 74.8 Å². The molecule has 26 heteroatoms. The molecule has 20 nitrogen and oxygen atoms in total. The van der Waals surface area contributed by atoms with Crippen molar-refractivity contribution in [2.45, 2.75) is 88.9 Å². The summed E-state index contributed by atoms with van der Waals surface area (Å²) in [5, 5.41) is 28.3. The van der Waals surface area contributed by atoms with E-state index in [-0.39, 0.29) is 93.9 Å². The number of rotatable bonds is 11. The Morgan fingerprint density at radius 2 is 1.01 bits per heavy atom. The van der Waals surface area contributed by atoms with E-state index in [9.17, 15) is 74.9 Å². The summed E-state index contributed by atoms with van der Waals surface area (Å²) in [6, 6.07) is 23.7. The third kappa shape index (κ3) is 15.0. The van der Waals surface area contributed by atoms with E-state index in [0.717, 1.165) is 35.4 Å². The highest BCUT2D eigenvalue weighted by atomic mass is 19.2. The maximum absolute atomic E-state index is 13.9. The molecular formula is C62H60F6N8O12. The van der Waals surface area contributed by atoms with Gasteiger partial charge in [-0.3, -0.25) is 28.8 Å². The van der Waals surface area contributed by atoms with E-state index in [0.29, 0.717) is 44.5 Å². The first-order chi connectivity index (χ1) is 42.2. The van der Waals surface area contributed by atoms with Gasteiger partial charge in [0.15, 0.2) is 22.9 Å². The van der Waals surface area contributed by atoms with E-state index >= 15 is 0 Å². The van der Waals surface area contributed by atoms with E-state index in [1.165, 1.54) is 31.3 Å². The first-order valence-electron chi connectivity index (χ1n) is 28.1. The number of carbonyl (C=O) groups is 6. The number of benzene rings is 4. The fourth-order valence-corrected chi connectivity index (χ4v) is 10.6. The molecule has 6 amide bonds. The van der Waals surface area contributed by atoms with Gasteiger partial charge in [0, 0.05) is 74.9 Å². The van der Waals surface area contributed by atoms with Gasteiger partial charge >= 0.3 is 12.2 Å². The molecule has 5 aliphatic heterocycles. The normalized spacial score (nSPS) is 19.1. The Balaban J connectivity index is 0.000000157. The number of nitrogens with zero attached hydrogens (tertiary/aromatic N) is 5. The van der Waals surface area contributed by atoms with Crippen LogP contribution in [0.1, 0.15) is 108 Å². The summed E-state index contributed by atoms with van der Waals surface area (Å²) in [6.45, 7) is 0.788. The van der Waals surface area contributed by atoms with Crippen LogP contribution in [0.2, 0.25) is 0 Å². The van der Waals surface area contributed by atoms with Gasteiger partial charge in [0.1, 0.15) is 60.0 Å². The molecule has 88 heavy (non-hydrogen) atoms. The van der Waals surface area contributed by atoms with Gasteiger partial charge in [0.25, 0.3) is 23.6 Å². The standard InChI is InChI=1S/C22H24N2O4.2C20H18F3N3O4/c25-21(27-16-18-9-3-1-4-10-18)23-20-13-7-8-14-24(15-20)22(26)28-17-19-11-5-2-6-12-19;2*21-11-2-1-10(15(23)5-11)6-24-19(29)14-9-26-13-4-3-12(22)7-25(8-13)20(30)16(26)18(28)17(14)27/h1-12,20H,13-17H2,(H,23,25);2*1-2,5,9,12-13,28H,3-4,6-8H2,(H,24,29)/t20-;2*12?,13-/m111/s1. The molecule has 4 aromatic carbocycles. The van der Waals surface area contributed by atoms with Crippen LogP contribution in [0.5, 0.6) is 11.5 Å². The van der Waals surface area contributed by atoms with Crippen LogP contribution >= 0.6 is 0 Å². The topological polar surface area (TPSA) is 251 Å². The number of carbonyl (C=O) groups excluding carboxylic acids is 6. The number of pyridine rings is 2. The first-order valence-corrected chi connectivity index (χ1v) is 28.1. The molecule has 5 atom stereocenters. The molecule has 5 N–H and O–H groups in total. The number of aromatic hydroxyl groups is 2. The maximum Gasteiger partial charge on any atom is 0.410 e. The number of hydrogen-bond acceptors (Lipinski definition) is 12. The number of fused-ring (bicyclic) bond motifs is 8. The average Bonchev–Trinajstić information content (AvgIpc) is 1.34. The lowest BCUT2D eigenvalue weighted by molar-refractivity contribution is 0.0641. The lowest BCUT2D eigenvalue weighted by Crippen LogP contribution is -2.45. The Labute approximate surface area is 498 Å². The number of aromatic nitrogens is 2. The first kappa shape index (κ1) is 62.6. The molecule has 2 saturated heterocycles. The third-order valence-corrected chi connectivity index (χ3v) is 15.3. The maximum atomic E-state index is 13.9. The highest BCUT2D eigenvalue weighted by Crippen LogP contribution is 2.34. The van der Waals surface area contributed by atoms with E-state index < -0.39 is 117 Å². The predicted molar refractivity (Wildman–Crippen MR) is 303 cm³/mol. The second-order valence-electron chi connectivity index (χ2n) is 21.4. The Morgan fingerprint density at radius 1 is 0.557 bits per heavy atom. The molecule has 0 spiro atoms. The summed E-state index contributed by atoms with van der Waals surface area (Å²) in [5.41, 5.74) is -1.64. The van der Waals surface area contributed by atoms with Crippen LogP contribution < -0.4 is 26.8 Å². The summed E-state index contributed by atoms with van der Waals surface area (Å²) in [5.74, 6) is -8.13. The van der Waals surface area contributed by atoms with Crippen molar-refractivity contribution >= 4 is 35.8 Å². The second-order valence-corrected chi connectivity index (χ2v) is 21.4. The molecule has 2 aromatic heterocycles. The molecule has 0 radical (unpaired) electrons. The van der Waals surface area contributed by atoms with Crippen LogP contribution in [-0.2, 0) is 35.8 Å². The van der Waals surface area contributed by atoms with Gasteiger partial charge in [-0.25, -0.2) is 35.9 Å². The highest BCUT2D eigenvalue weighted by Gasteiger charge is 2.40. The molecule has 2 unspecified atom stereocenters. The van der Waals surface area contributed by atoms with Crippen molar-refractivity contribution in [2.75, 3.05) is 39.3 Å². The van der Waals surface area contributed by atoms with Gasteiger partial charge in [-0.15, -0.1) is 0 Å². The van der Waals surface area contributed by atoms with E-state index in [1.54, 1.807) is 4.90 Å². The molecule has 5 aliphatic rings. The number of hydrogen-bond donors (Lipinski definition) is 5. The largest absolute Gasteiger partial charge is 0.503 e. The minimum atomic E-state index is -1.21. The third-order valence-electron chi connectivity index (χ3n) is 15.3. The minimum Gasteiger partial charge on any atom is -0.503 e. The van der Waals surface area contributed by atoms with Crippen LogP contribution in [0, 0.1) is 23.3 Å². The van der Waals surface area contributed by atoms with Crippen molar-refractivity contribution in [1.82, 2.24) is 39.8 Å². The molecule has 2 fully saturated rings. The quantitative estimate of drug-likeness (QED) is 0.0620. The molecule has 6 aromatic rings.